The summed E-state index contributed by atoms with van der Waals surface area (Å²) in [5.74, 6) is 1.09. The van der Waals surface area contributed by atoms with E-state index in [-0.39, 0.29) is 11.9 Å². The molecular weight excluding hydrogens is 337 g/mol. The van der Waals surface area contributed by atoms with E-state index in [1.54, 1.807) is 27.3 Å². The van der Waals surface area contributed by atoms with Crippen LogP contribution in [0.4, 0.5) is 4.39 Å². The number of hydrogen-bond acceptors (Lipinski definition) is 3. The van der Waals surface area contributed by atoms with Gasteiger partial charge in [0.05, 0.1) is 20.3 Å². The number of benzene rings is 2. The van der Waals surface area contributed by atoms with E-state index in [1.165, 1.54) is 6.07 Å². The molecule has 2 aromatic rings. The van der Waals surface area contributed by atoms with Gasteiger partial charge in [-0.25, -0.2) is 4.39 Å². The van der Waals surface area contributed by atoms with Gasteiger partial charge in [-0.15, -0.1) is 0 Å². The predicted molar refractivity (Wildman–Crippen MR) is 84.5 cm³/mol. The minimum Gasteiger partial charge on any atom is -0.497 e. The molecule has 3 nitrogen and oxygen atoms in total. The van der Waals surface area contributed by atoms with E-state index in [2.05, 4.69) is 21.2 Å². The quantitative estimate of drug-likeness (QED) is 0.883. The van der Waals surface area contributed by atoms with Crippen LogP contribution in [0.5, 0.6) is 11.5 Å². The lowest BCUT2D eigenvalue weighted by molar-refractivity contribution is 0.394. The summed E-state index contributed by atoms with van der Waals surface area (Å²) in [7, 11) is 4.97. The molecule has 0 aliphatic carbocycles. The summed E-state index contributed by atoms with van der Waals surface area (Å²) < 4.78 is 25.6. The first-order valence-electron chi connectivity index (χ1n) is 6.44. The monoisotopic (exact) mass is 353 g/mol. The Morgan fingerprint density at radius 1 is 1.05 bits per heavy atom. The highest BCUT2D eigenvalue weighted by Gasteiger charge is 2.20. The molecular formula is C16H17BrFNO2. The summed E-state index contributed by atoms with van der Waals surface area (Å²) >= 11 is 3.27. The number of hydrogen-bond donors (Lipinski definition) is 1. The molecule has 0 spiro atoms. The Morgan fingerprint density at radius 2 is 1.81 bits per heavy atom. The van der Waals surface area contributed by atoms with Gasteiger partial charge in [-0.05, 0) is 37.4 Å². The normalized spacial score (nSPS) is 12.0. The van der Waals surface area contributed by atoms with E-state index in [0.717, 1.165) is 5.56 Å². The van der Waals surface area contributed by atoms with Crippen LogP contribution in [-0.2, 0) is 0 Å². The van der Waals surface area contributed by atoms with Crippen molar-refractivity contribution in [2.75, 3.05) is 21.3 Å². The van der Waals surface area contributed by atoms with Crippen molar-refractivity contribution in [3.8, 4) is 11.5 Å². The lowest BCUT2D eigenvalue weighted by Crippen LogP contribution is -2.19. The van der Waals surface area contributed by atoms with E-state index in [4.69, 9.17) is 9.47 Å². The molecule has 0 saturated carbocycles. The zero-order valence-electron chi connectivity index (χ0n) is 12.1. The van der Waals surface area contributed by atoms with Gasteiger partial charge in [-0.1, -0.05) is 22.0 Å². The Hall–Kier alpha value is -1.59. The fraction of sp³-hybridized carbons (Fsp3) is 0.250. The Bertz CT molecular complexity index is 634. The van der Waals surface area contributed by atoms with Crippen LogP contribution < -0.4 is 14.8 Å². The summed E-state index contributed by atoms with van der Waals surface area (Å²) in [5, 5.41) is 3.13. The highest BCUT2D eigenvalue weighted by atomic mass is 79.9. The van der Waals surface area contributed by atoms with Gasteiger partial charge in [0.15, 0.2) is 0 Å². The van der Waals surface area contributed by atoms with Crippen molar-refractivity contribution in [1.29, 1.82) is 0 Å². The molecule has 0 fully saturated rings. The molecule has 1 unspecified atom stereocenters. The molecule has 0 aliphatic heterocycles. The van der Waals surface area contributed by atoms with Crippen LogP contribution >= 0.6 is 15.9 Å². The molecule has 21 heavy (non-hydrogen) atoms. The third-order valence-corrected chi connectivity index (χ3v) is 3.80. The zero-order chi connectivity index (χ0) is 15.4. The van der Waals surface area contributed by atoms with Crippen molar-refractivity contribution in [3.05, 3.63) is 57.8 Å². The molecule has 0 amide bonds. The fourth-order valence-corrected chi connectivity index (χ4v) is 2.61. The van der Waals surface area contributed by atoms with Crippen LogP contribution in [0.2, 0.25) is 0 Å². The molecule has 0 bridgehead atoms. The summed E-state index contributed by atoms with van der Waals surface area (Å²) in [4.78, 5) is 0. The second kappa shape index (κ2) is 6.91. The van der Waals surface area contributed by atoms with E-state index in [1.807, 2.05) is 24.3 Å². The standard InChI is InChI=1S/C16H17BrFNO2/c1-19-16(12-6-4-10(17)8-14(12)18)13-9-11(20-2)5-7-15(13)21-3/h4-9,16,19H,1-3H3. The van der Waals surface area contributed by atoms with Gasteiger partial charge >= 0.3 is 0 Å². The molecule has 0 aromatic heterocycles. The molecule has 0 saturated heterocycles. The molecule has 0 aliphatic rings. The Morgan fingerprint density at radius 3 is 2.38 bits per heavy atom. The summed E-state index contributed by atoms with van der Waals surface area (Å²) in [6, 6.07) is 10.2. The number of ether oxygens (including phenoxy) is 2. The van der Waals surface area contributed by atoms with Gasteiger partial charge in [0.1, 0.15) is 17.3 Å². The maximum absolute atomic E-state index is 14.2. The Labute approximate surface area is 132 Å². The van der Waals surface area contributed by atoms with E-state index >= 15 is 0 Å². The van der Waals surface area contributed by atoms with Crippen LogP contribution in [0.3, 0.4) is 0 Å². The lowest BCUT2D eigenvalue weighted by Gasteiger charge is -2.21. The molecule has 1 N–H and O–H groups in total. The van der Waals surface area contributed by atoms with Crippen LogP contribution in [-0.4, -0.2) is 21.3 Å². The first-order valence-corrected chi connectivity index (χ1v) is 7.24. The number of nitrogens with one attached hydrogen (secondary N) is 1. The van der Waals surface area contributed by atoms with Crippen LogP contribution in [0.15, 0.2) is 40.9 Å². The molecule has 2 rings (SSSR count). The Kier molecular flexibility index (Phi) is 5.20. The van der Waals surface area contributed by atoms with Gasteiger partial charge in [-0.2, -0.15) is 0 Å². The van der Waals surface area contributed by atoms with E-state index < -0.39 is 0 Å². The smallest absolute Gasteiger partial charge is 0.129 e. The fourth-order valence-electron chi connectivity index (χ4n) is 2.28. The first kappa shape index (κ1) is 15.8. The van der Waals surface area contributed by atoms with Crippen molar-refractivity contribution in [3.63, 3.8) is 0 Å². The van der Waals surface area contributed by atoms with Crippen molar-refractivity contribution in [2.45, 2.75) is 6.04 Å². The average Bonchev–Trinajstić information content (AvgIpc) is 2.49. The highest BCUT2D eigenvalue weighted by molar-refractivity contribution is 9.10. The number of halogens is 2. The summed E-state index contributed by atoms with van der Waals surface area (Å²) in [6.07, 6.45) is 0. The number of methoxy groups -OCH3 is 2. The lowest BCUT2D eigenvalue weighted by atomic mass is 9.97. The average molecular weight is 354 g/mol. The molecule has 0 radical (unpaired) electrons. The van der Waals surface area contributed by atoms with Crippen molar-refractivity contribution in [2.24, 2.45) is 0 Å². The van der Waals surface area contributed by atoms with Crippen LogP contribution in [0.1, 0.15) is 17.2 Å². The van der Waals surface area contributed by atoms with Gasteiger partial charge in [0.25, 0.3) is 0 Å². The van der Waals surface area contributed by atoms with E-state index in [0.29, 0.717) is 21.5 Å². The van der Waals surface area contributed by atoms with Crippen molar-refractivity contribution < 1.29 is 13.9 Å². The topological polar surface area (TPSA) is 30.5 Å². The summed E-state index contributed by atoms with van der Waals surface area (Å²) in [6.45, 7) is 0. The molecule has 0 heterocycles. The minimum absolute atomic E-state index is 0.284. The second-order valence-electron chi connectivity index (χ2n) is 4.50. The minimum atomic E-state index is -0.330. The maximum Gasteiger partial charge on any atom is 0.129 e. The summed E-state index contributed by atoms with van der Waals surface area (Å²) in [5.41, 5.74) is 1.37. The van der Waals surface area contributed by atoms with Gasteiger partial charge in [0, 0.05) is 15.6 Å². The van der Waals surface area contributed by atoms with Crippen LogP contribution in [0, 0.1) is 5.82 Å². The second-order valence-corrected chi connectivity index (χ2v) is 5.41. The zero-order valence-corrected chi connectivity index (χ0v) is 13.7. The van der Waals surface area contributed by atoms with Crippen molar-refractivity contribution in [1.82, 2.24) is 5.32 Å². The number of rotatable bonds is 5. The van der Waals surface area contributed by atoms with Crippen LogP contribution in [0.25, 0.3) is 0 Å². The largest absolute Gasteiger partial charge is 0.497 e. The molecule has 2 aromatic carbocycles. The van der Waals surface area contributed by atoms with Crippen molar-refractivity contribution >= 4 is 15.9 Å². The molecule has 112 valence electrons. The molecule has 1 atom stereocenters. The SMILES string of the molecule is CNC(c1ccc(Br)cc1F)c1cc(OC)ccc1OC. The third kappa shape index (κ3) is 3.36. The third-order valence-electron chi connectivity index (χ3n) is 3.31. The molecule has 5 heteroatoms. The van der Waals surface area contributed by atoms with Gasteiger partial charge in [0.2, 0.25) is 0 Å². The maximum atomic E-state index is 14.2. The van der Waals surface area contributed by atoms with E-state index in [9.17, 15) is 4.39 Å². The van der Waals surface area contributed by atoms with Gasteiger partial charge in [-0.3, -0.25) is 0 Å². The predicted octanol–water partition coefficient (Wildman–Crippen LogP) is 3.91. The van der Waals surface area contributed by atoms with Gasteiger partial charge < -0.3 is 14.8 Å². The Balaban J connectivity index is 2.54. The first-order chi connectivity index (χ1) is 10.1. The highest BCUT2D eigenvalue weighted by Crippen LogP contribution is 2.34.